The van der Waals surface area contributed by atoms with E-state index in [0.29, 0.717) is 5.91 Å². The van der Waals surface area contributed by atoms with Crippen molar-refractivity contribution in [1.29, 1.82) is 0 Å². The van der Waals surface area contributed by atoms with Gasteiger partial charge in [-0.3, -0.25) is 9.89 Å². The van der Waals surface area contributed by atoms with Crippen LogP contribution >= 0.6 is 0 Å². The van der Waals surface area contributed by atoms with E-state index < -0.39 is 0 Å². The molecule has 4 rings (SSSR count). The summed E-state index contributed by atoms with van der Waals surface area (Å²) in [5, 5.41) is 11.5. The Morgan fingerprint density at radius 2 is 2.00 bits per heavy atom. The summed E-state index contributed by atoms with van der Waals surface area (Å²) in [6.45, 7) is 4.79. The van der Waals surface area contributed by atoms with Gasteiger partial charge in [-0.2, -0.15) is 5.10 Å². The Labute approximate surface area is 148 Å². The van der Waals surface area contributed by atoms with Crippen LogP contribution in [0.4, 0.5) is 0 Å². The zero-order chi connectivity index (χ0) is 17.4. The number of aryl methyl sites for hydroxylation is 1. The first kappa shape index (κ1) is 16.4. The Morgan fingerprint density at radius 1 is 1.20 bits per heavy atom. The molecular weight excluding hydrogens is 316 g/mol. The van der Waals surface area contributed by atoms with Gasteiger partial charge in [0, 0.05) is 18.0 Å². The molecule has 25 heavy (non-hydrogen) atoms. The molecule has 134 valence electrons. The maximum Gasteiger partial charge on any atom is 0.226 e. The maximum atomic E-state index is 13.1. The van der Waals surface area contributed by atoms with E-state index in [1.54, 1.807) is 6.20 Å². The maximum absolute atomic E-state index is 13.1. The lowest BCUT2D eigenvalue weighted by Crippen LogP contribution is -2.36. The number of carbonyl (C=O) groups excluding carboxylic acids is 1. The predicted molar refractivity (Wildman–Crippen MR) is 93.8 cm³/mol. The number of likely N-dealkylation sites (tertiary alicyclic amines) is 1. The Bertz CT molecular complexity index is 757. The molecule has 1 aliphatic heterocycles. The molecule has 2 fully saturated rings. The van der Waals surface area contributed by atoms with Crippen LogP contribution in [0.3, 0.4) is 0 Å². The van der Waals surface area contributed by atoms with Crippen LogP contribution in [-0.2, 0) is 4.79 Å². The van der Waals surface area contributed by atoms with Crippen LogP contribution < -0.4 is 0 Å². The van der Waals surface area contributed by atoms with Crippen molar-refractivity contribution in [2.75, 3.05) is 6.54 Å². The Morgan fingerprint density at radius 3 is 2.72 bits per heavy atom. The van der Waals surface area contributed by atoms with Gasteiger partial charge in [0.15, 0.2) is 5.76 Å². The third-order valence-electron chi connectivity index (χ3n) is 5.89. The monoisotopic (exact) mass is 342 g/mol. The molecule has 0 bridgehead atoms. The van der Waals surface area contributed by atoms with Gasteiger partial charge in [0.25, 0.3) is 0 Å². The molecule has 0 radical (unpaired) electrons. The molecule has 0 spiro atoms. The molecule has 2 aromatic heterocycles. The van der Waals surface area contributed by atoms with Gasteiger partial charge in [-0.05, 0) is 39.5 Å². The molecule has 6 nitrogen and oxygen atoms in total. The summed E-state index contributed by atoms with van der Waals surface area (Å²) in [6.07, 6.45) is 9.51. The van der Waals surface area contributed by atoms with E-state index in [2.05, 4.69) is 20.3 Å². The van der Waals surface area contributed by atoms with E-state index in [1.165, 1.54) is 19.3 Å². The molecule has 1 saturated heterocycles. The molecule has 0 aromatic carbocycles. The van der Waals surface area contributed by atoms with E-state index in [1.807, 2.05) is 13.8 Å². The zero-order valence-corrected chi connectivity index (χ0v) is 15.0. The highest BCUT2D eigenvalue weighted by Gasteiger charge is 2.37. The minimum Gasteiger partial charge on any atom is -0.356 e. The second-order valence-corrected chi connectivity index (χ2v) is 7.44. The van der Waals surface area contributed by atoms with Crippen molar-refractivity contribution in [2.45, 2.75) is 64.8 Å². The highest BCUT2D eigenvalue weighted by molar-refractivity contribution is 5.80. The summed E-state index contributed by atoms with van der Waals surface area (Å²) in [7, 11) is 0. The molecule has 2 aromatic rings. The number of hydrogen-bond donors (Lipinski definition) is 1. The summed E-state index contributed by atoms with van der Waals surface area (Å²) in [6, 6.07) is 0.0664. The molecule has 1 amide bonds. The number of amides is 1. The van der Waals surface area contributed by atoms with E-state index >= 15 is 0 Å². The molecule has 6 heteroatoms. The number of hydrogen-bond acceptors (Lipinski definition) is 4. The fraction of sp³-hybridized carbons (Fsp3) is 0.632. The second-order valence-electron chi connectivity index (χ2n) is 7.44. The fourth-order valence-electron chi connectivity index (χ4n) is 4.31. The first-order valence-corrected chi connectivity index (χ1v) is 9.44. The van der Waals surface area contributed by atoms with Crippen molar-refractivity contribution in [3.63, 3.8) is 0 Å². The van der Waals surface area contributed by atoms with Gasteiger partial charge in [0.1, 0.15) is 0 Å². The first-order chi connectivity index (χ1) is 12.2. The normalized spacial score (nSPS) is 21.8. The fourth-order valence-corrected chi connectivity index (χ4v) is 4.31. The number of aromatic amines is 1. The summed E-state index contributed by atoms with van der Waals surface area (Å²) in [5.74, 6) is 1.29. The van der Waals surface area contributed by atoms with Gasteiger partial charge in [-0.15, -0.1) is 0 Å². The Hall–Kier alpha value is -2.11. The number of nitrogens with one attached hydrogen (secondary N) is 1. The SMILES string of the molecule is Cc1noc(-c2cn[nH]c2[C@H]2CCCN2C(=O)C2CCCCC2)c1C. The molecule has 2 aliphatic rings. The van der Waals surface area contributed by atoms with Crippen molar-refractivity contribution in [3.8, 4) is 11.3 Å². The van der Waals surface area contributed by atoms with Crippen LogP contribution in [-0.4, -0.2) is 32.7 Å². The topological polar surface area (TPSA) is 75.0 Å². The molecule has 1 atom stereocenters. The average molecular weight is 342 g/mol. The first-order valence-electron chi connectivity index (χ1n) is 9.44. The number of aromatic nitrogens is 3. The van der Waals surface area contributed by atoms with Gasteiger partial charge >= 0.3 is 0 Å². The van der Waals surface area contributed by atoms with Crippen LogP contribution in [0.2, 0.25) is 0 Å². The van der Waals surface area contributed by atoms with Crippen molar-refractivity contribution in [1.82, 2.24) is 20.3 Å². The third kappa shape index (κ3) is 2.87. The van der Waals surface area contributed by atoms with Crippen molar-refractivity contribution in [3.05, 3.63) is 23.1 Å². The smallest absolute Gasteiger partial charge is 0.226 e. The van der Waals surface area contributed by atoms with E-state index in [4.69, 9.17) is 4.52 Å². The molecule has 1 N–H and O–H groups in total. The number of nitrogens with zero attached hydrogens (tertiary/aromatic N) is 3. The van der Waals surface area contributed by atoms with E-state index in [9.17, 15) is 4.79 Å². The van der Waals surface area contributed by atoms with Gasteiger partial charge in [-0.25, -0.2) is 0 Å². The lowest BCUT2D eigenvalue weighted by molar-refractivity contribution is -0.137. The molecular formula is C19H26N4O2. The lowest BCUT2D eigenvalue weighted by atomic mass is 9.88. The third-order valence-corrected chi connectivity index (χ3v) is 5.89. The number of carbonyl (C=O) groups is 1. The Kier molecular flexibility index (Phi) is 4.36. The highest BCUT2D eigenvalue weighted by atomic mass is 16.5. The standard InChI is InChI=1S/C19H26N4O2/c1-12-13(2)22-25-18(12)15-11-20-21-17(15)16-9-6-10-23(16)19(24)14-7-4-3-5-8-14/h11,14,16H,3-10H2,1-2H3,(H,20,21)/t16-/m1/s1. The zero-order valence-electron chi connectivity index (χ0n) is 15.0. The van der Waals surface area contributed by atoms with Crippen LogP contribution in [0, 0.1) is 19.8 Å². The molecule has 3 heterocycles. The summed E-state index contributed by atoms with van der Waals surface area (Å²) in [4.78, 5) is 15.2. The summed E-state index contributed by atoms with van der Waals surface area (Å²) < 4.78 is 5.54. The molecule has 1 aliphatic carbocycles. The van der Waals surface area contributed by atoms with Gasteiger partial charge in [0.05, 0.1) is 29.2 Å². The van der Waals surface area contributed by atoms with E-state index in [0.717, 1.165) is 60.5 Å². The van der Waals surface area contributed by atoms with Crippen molar-refractivity contribution >= 4 is 5.91 Å². The number of rotatable bonds is 3. The summed E-state index contributed by atoms with van der Waals surface area (Å²) >= 11 is 0. The molecule has 1 saturated carbocycles. The van der Waals surface area contributed by atoms with Crippen LogP contribution in [0.5, 0.6) is 0 Å². The predicted octanol–water partition coefficient (Wildman–Crippen LogP) is 3.93. The Balaban J connectivity index is 1.62. The molecule has 0 unspecified atom stereocenters. The number of H-pyrrole nitrogens is 1. The van der Waals surface area contributed by atoms with Gasteiger partial charge < -0.3 is 9.42 Å². The minimum absolute atomic E-state index is 0.0664. The quantitative estimate of drug-likeness (QED) is 0.917. The van der Waals surface area contributed by atoms with Crippen molar-refractivity contribution in [2.24, 2.45) is 5.92 Å². The van der Waals surface area contributed by atoms with E-state index in [-0.39, 0.29) is 12.0 Å². The minimum atomic E-state index is 0.0664. The highest BCUT2D eigenvalue weighted by Crippen LogP contribution is 2.39. The lowest BCUT2D eigenvalue weighted by Gasteiger charge is -2.30. The summed E-state index contributed by atoms with van der Waals surface area (Å²) in [5.41, 5.74) is 3.85. The van der Waals surface area contributed by atoms with Gasteiger partial charge in [-0.1, -0.05) is 24.4 Å². The average Bonchev–Trinajstić information content (AvgIpc) is 3.36. The van der Waals surface area contributed by atoms with Gasteiger partial charge in [0.2, 0.25) is 5.91 Å². The van der Waals surface area contributed by atoms with Crippen LogP contribution in [0.1, 0.15) is 67.9 Å². The second kappa shape index (κ2) is 6.65. The largest absolute Gasteiger partial charge is 0.356 e. The van der Waals surface area contributed by atoms with Crippen molar-refractivity contribution < 1.29 is 9.32 Å². The van der Waals surface area contributed by atoms with Crippen LogP contribution in [0.15, 0.2) is 10.7 Å². The van der Waals surface area contributed by atoms with Crippen LogP contribution in [0.25, 0.3) is 11.3 Å².